The Morgan fingerprint density at radius 2 is 2.04 bits per heavy atom. The smallest absolute Gasteiger partial charge is 0.342 e. The van der Waals surface area contributed by atoms with Crippen molar-refractivity contribution in [1.29, 1.82) is 5.26 Å². The topological polar surface area (TPSA) is 106 Å². The van der Waals surface area contributed by atoms with Crippen molar-refractivity contribution in [2.45, 2.75) is 45.3 Å². The van der Waals surface area contributed by atoms with Crippen LogP contribution in [0.15, 0.2) is 30.7 Å². The molecule has 1 fully saturated rings. The first-order valence-electron chi connectivity index (χ1n) is 9.08. The van der Waals surface area contributed by atoms with Crippen LogP contribution < -0.4 is 5.32 Å². The molecule has 1 aliphatic carbocycles. The summed E-state index contributed by atoms with van der Waals surface area (Å²) < 4.78 is 7.10. The predicted octanol–water partition coefficient (Wildman–Crippen LogP) is 3.22. The maximum Gasteiger partial charge on any atom is 0.342 e. The molecule has 0 atom stereocenters. The number of aromatic nitrogens is 4. The molecule has 8 heteroatoms. The lowest BCUT2D eigenvalue weighted by atomic mass is 10.1. The van der Waals surface area contributed by atoms with Crippen molar-refractivity contribution in [3.8, 4) is 11.9 Å². The fourth-order valence-corrected chi connectivity index (χ4v) is 2.77. The third kappa shape index (κ3) is 3.64. The zero-order chi connectivity index (χ0) is 19.9. The van der Waals surface area contributed by atoms with Gasteiger partial charge in [0.15, 0.2) is 11.5 Å². The van der Waals surface area contributed by atoms with E-state index in [0.717, 1.165) is 18.2 Å². The van der Waals surface area contributed by atoms with E-state index in [1.807, 2.05) is 20.8 Å². The third-order valence-electron chi connectivity index (χ3n) is 4.20. The van der Waals surface area contributed by atoms with Crippen LogP contribution in [-0.2, 0) is 4.74 Å². The Hall–Kier alpha value is -3.47. The summed E-state index contributed by atoms with van der Waals surface area (Å²) in [7, 11) is 0. The molecule has 0 bridgehead atoms. The summed E-state index contributed by atoms with van der Waals surface area (Å²) in [6.07, 6.45) is 6.77. The predicted molar refractivity (Wildman–Crippen MR) is 103 cm³/mol. The molecular weight excluding hydrogens is 356 g/mol. The minimum Gasteiger partial charge on any atom is -0.456 e. The molecule has 0 saturated heterocycles. The van der Waals surface area contributed by atoms with Crippen LogP contribution in [0.2, 0.25) is 0 Å². The Labute approximate surface area is 162 Å². The largest absolute Gasteiger partial charge is 0.456 e. The summed E-state index contributed by atoms with van der Waals surface area (Å²) in [4.78, 5) is 21.3. The first-order chi connectivity index (χ1) is 13.3. The zero-order valence-electron chi connectivity index (χ0n) is 15.9. The molecule has 0 aliphatic heterocycles. The Balaban J connectivity index is 1.74. The lowest BCUT2D eigenvalue weighted by molar-refractivity contribution is 0.00702. The van der Waals surface area contributed by atoms with Gasteiger partial charge in [0.1, 0.15) is 17.2 Å². The number of nitrogens with zero attached hydrogens (tertiary/aromatic N) is 5. The molecule has 0 aromatic carbocycles. The number of pyridine rings is 2. The average Bonchev–Trinajstić information content (AvgIpc) is 3.35. The number of nitrogens with one attached hydrogen (secondary N) is 1. The minimum atomic E-state index is -0.590. The van der Waals surface area contributed by atoms with Gasteiger partial charge in [-0.3, -0.25) is 0 Å². The number of nitriles is 1. The Bertz CT molecular complexity index is 1100. The van der Waals surface area contributed by atoms with E-state index in [2.05, 4.69) is 26.5 Å². The van der Waals surface area contributed by atoms with Crippen molar-refractivity contribution in [2.75, 3.05) is 5.32 Å². The van der Waals surface area contributed by atoms with E-state index in [9.17, 15) is 4.79 Å². The summed E-state index contributed by atoms with van der Waals surface area (Å²) >= 11 is 0. The number of ether oxygens (including phenoxy) is 1. The van der Waals surface area contributed by atoms with E-state index in [1.54, 1.807) is 23.0 Å². The molecule has 3 heterocycles. The average molecular weight is 376 g/mol. The Morgan fingerprint density at radius 3 is 2.71 bits per heavy atom. The lowest BCUT2D eigenvalue weighted by Gasteiger charge is -2.21. The lowest BCUT2D eigenvalue weighted by Crippen LogP contribution is -2.25. The number of esters is 1. The maximum atomic E-state index is 12.6. The zero-order valence-corrected chi connectivity index (χ0v) is 15.9. The summed E-state index contributed by atoms with van der Waals surface area (Å²) in [5.41, 5.74) is 1.53. The molecule has 28 heavy (non-hydrogen) atoms. The SMILES string of the molecule is CC(C)(C)OC(=O)c1cnc(-n2ncc3cc(C#N)cnc32)cc1NC1CC1. The van der Waals surface area contributed by atoms with Crippen molar-refractivity contribution in [3.05, 3.63) is 41.9 Å². The summed E-state index contributed by atoms with van der Waals surface area (Å²) in [6, 6.07) is 5.92. The molecule has 1 N–H and O–H groups in total. The van der Waals surface area contributed by atoms with E-state index in [-0.39, 0.29) is 0 Å². The first-order valence-corrected chi connectivity index (χ1v) is 9.08. The van der Waals surface area contributed by atoms with Gasteiger partial charge in [-0.15, -0.1) is 0 Å². The molecule has 3 aromatic rings. The number of anilines is 1. The highest BCUT2D eigenvalue weighted by Gasteiger charge is 2.26. The molecule has 1 saturated carbocycles. The quantitative estimate of drug-likeness (QED) is 0.697. The summed E-state index contributed by atoms with van der Waals surface area (Å²) in [5, 5.41) is 17.5. The fourth-order valence-electron chi connectivity index (χ4n) is 2.77. The van der Waals surface area contributed by atoms with E-state index in [1.165, 1.54) is 12.4 Å². The van der Waals surface area contributed by atoms with Gasteiger partial charge in [-0.25, -0.2) is 14.8 Å². The van der Waals surface area contributed by atoms with Gasteiger partial charge in [-0.2, -0.15) is 15.0 Å². The van der Waals surface area contributed by atoms with E-state index >= 15 is 0 Å². The van der Waals surface area contributed by atoms with Crippen molar-refractivity contribution in [1.82, 2.24) is 19.7 Å². The maximum absolute atomic E-state index is 12.6. The van der Waals surface area contributed by atoms with Crippen LogP contribution in [0, 0.1) is 11.3 Å². The number of carbonyl (C=O) groups excluding carboxylic acids is 1. The third-order valence-corrected chi connectivity index (χ3v) is 4.20. The van der Waals surface area contributed by atoms with Crippen LogP contribution in [0.5, 0.6) is 0 Å². The molecule has 142 valence electrons. The van der Waals surface area contributed by atoms with E-state index in [4.69, 9.17) is 10.00 Å². The molecule has 0 unspecified atom stereocenters. The van der Waals surface area contributed by atoms with Crippen LogP contribution in [0.25, 0.3) is 16.9 Å². The fraction of sp³-hybridized carbons (Fsp3) is 0.350. The molecule has 8 nitrogen and oxygen atoms in total. The van der Waals surface area contributed by atoms with Gasteiger partial charge >= 0.3 is 5.97 Å². The highest BCUT2D eigenvalue weighted by Crippen LogP contribution is 2.29. The Kier molecular flexibility index (Phi) is 4.23. The summed E-state index contributed by atoms with van der Waals surface area (Å²) in [6.45, 7) is 5.49. The standard InChI is InChI=1S/C20H20N6O2/c1-20(2,3)28-19(27)15-11-22-17(7-16(15)25-14-4-5-14)26-18-13(10-24-26)6-12(8-21)9-23-18/h6-7,9-11,14H,4-5H2,1-3H3,(H,22,25). The van der Waals surface area contributed by atoms with Gasteiger partial charge in [0.25, 0.3) is 0 Å². The number of carbonyl (C=O) groups is 1. The van der Waals surface area contributed by atoms with Crippen LogP contribution in [-0.4, -0.2) is 37.4 Å². The molecule has 4 rings (SSSR count). The Morgan fingerprint density at radius 1 is 1.25 bits per heavy atom. The number of rotatable bonds is 4. The van der Waals surface area contributed by atoms with Gasteiger partial charge in [-0.05, 0) is 39.7 Å². The first kappa shape index (κ1) is 17.9. The van der Waals surface area contributed by atoms with Gasteiger partial charge in [0.05, 0.1) is 17.4 Å². The molecular formula is C20H20N6O2. The van der Waals surface area contributed by atoms with Crippen LogP contribution in [0.1, 0.15) is 49.5 Å². The van der Waals surface area contributed by atoms with Gasteiger partial charge in [0, 0.05) is 29.9 Å². The molecule has 0 spiro atoms. The second-order valence-electron chi connectivity index (χ2n) is 7.81. The highest BCUT2D eigenvalue weighted by molar-refractivity contribution is 5.96. The van der Waals surface area contributed by atoms with Crippen molar-refractivity contribution in [3.63, 3.8) is 0 Å². The normalized spacial score (nSPS) is 13.9. The molecule has 0 amide bonds. The number of fused-ring (bicyclic) bond motifs is 1. The summed E-state index contributed by atoms with van der Waals surface area (Å²) in [5.74, 6) is 0.111. The minimum absolute atomic E-state index is 0.349. The van der Waals surface area contributed by atoms with Gasteiger partial charge in [0.2, 0.25) is 0 Å². The van der Waals surface area contributed by atoms with Crippen molar-refractivity contribution in [2.24, 2.45) is 0 Å². The molecule has 0 radical (unpaired) electrons. The van der Waals surface area contributed by atoms with E-state index in [0.29, 0.717) is 34.3 Å². The second kappa shape index (κ2) is 6.60. The van der Waals surface area contributed by atoms with Crippen molar-refractivity contribution < 1.29 is 9.53 Å². The van der Waals surface area contributed by atoms with Crippen LogP contribution >= 0.6 is 0 Å². The molecule has 1 aliphatic rings. The van der Waals surface area contributed by atoms with Crippen molar-refractivity contribution >= 4 is 22.7 Å². The molecule has 3 aromatic heterocycles. The number of hydrogen-bond acceptors (Lipinski definition) is 7. The van der Waals surface area contributed by atoms with Crippen LogP contribution in [0.4, 0.5) is 5.69 Å². The monoisotopic (exact) mass is 376 g/mol. The number of hydrogen-bond donors (Lipinski definition) is 1. The highest BCUT2D eigenvalue weighted by atomic mass is 16.6. The second-order valence-corrected chi connectivity index (χ2v) is 7.81. The van der Waals surface area contributed by atoms with E-state index < -0.39 is 11.6 Å². The van der Waals surface area contributed by atoms with Crippen LogP contribution in [0.3, 0.4) is 0 Å². The van der Waals surface area contributed by atoms with Gasteiger partial charge < -0.3 is 10.1 Å². The van der Waals surface area contributed by atoms with Gasteiger partial charge in [-0.1, -0.05) is 0 Å².